The van der Waals surface area contributed by atoms with Crippen LogP contribution in [0.3, 0.4) is 0 Å². The zero-order valence-corrected chi connectivity index (χ0v) is 24.7. The van der Waals surface area contributed by atoms with E-state index in [1.54, 1.807) is 0 Å². The van der Waals surface area contributed by atoms with Crippen LogP contribution >= 0.6 is 0 Å². The van der Waals surface area contributed by atoms with Crippen molar-refractivity contribution in [1.29, 1.82) is 0 Å². The molecule has 0 fully saturated rings. The molecule has 0 rings (SSSR count). The number of rotatable bonds is 19. The Balaban J connectivity index is 4.06. The molecule has 0 atom stereocenters. The van der Waals surface area contributed by atoms with E-state index in [0.29, 0.717) is 58.4 Å². The fourth-order valence-electron chi connectivity index (χ4n) is 4.88. The molecule has 0 aliphatic rings. The van der Waals surface area contributed by atoms with Gasteiger partial charge in [0.15, 0.2) is 0 Å². The maximum absolute atomic E-state index is 12.1. The van der Waals surface area contributed by atoms with Crippen LogP contribution in [-0.4, -0.2) is 62.5 Å². The highest BCUT2D eigenvalue weighted by atomic mass is 16.5. The van der Waals surface area contributed by atoms with E-state index in [0.717, 1.165) is 12.8 Å². The molecular formula is C28H56N2O5. The third-order valence-electron chi connectivity index (χ3n) is 5.44. The van der Waals surface area contributed by atoms with E-state index in [1.807, 2.05) is 6.92 Å². The maximum Gasteiger partial charge on any atom is 0.220 e. The highest BCUT2D eigenvalue weighted by molar-refractivity contribution is 5.77. The van der Waals surface area contributed by atoms with Crippen molar-refractivity contribution in [3.05, 3.63) is 0 Å². The summed E-state index contributed by atoms with van der Waals surface area (Å²) in [5, 5.41) is 6.23. The van der Waals surface area contributed by atoms with Crippen LogP contribution < -0.4 is 10.6 Å². The van der Waals surface area contributed by atoms with Gasteiger partial charge in [-0.2, -0.15) is 0 Å². The highest BCUT2D eigenvalue weighted by Crippen LogP contribution is 2.29. The van der Waals surface area contributed by atoms with Crippen LogP contribution in [-0.2, 0) is 23.8 Å². The van der Waals surface area contributed by atoms with Gasteiger partial charge in [-0.3, -0.25) is 9.59 Å². The first-order valence-corrected chi connectivity index (χ1v) is 13.2. The number of hydrogen-bond donors (Lipinski definition) is 2. The molecule has 0 unspecified atom stereocenters. The molecule has 0 heterocycles. The van der Waals surface area contributed by atoms with Gasteiger partial charge in [0.05, 0.1) is 39.6 Å². The van der Waals surface area contributed by atoms with Gasteiger partial charge in [0, 0.05) is 23.9 Å². The van der Waals surface area contributed by atoms with Crippen LogP contribution in [0, 0.1) is 16.7 Å². The number of nitrogens with one attached hydrogen (secondary N) is 2. The van der Waals surface area contributed by atoms with Crippen molar-refractivity contribution in [2.75, 3.05) is 39.6 Å². The molecule has 7 heteroatoms. The van der Waals surface area contributed by atoms with Gasteiger partial charge in [0.25, 0.3) is 0 Å². The second-order valence-electron chi connectivity index (χ2n) is 13.2. The molecule has 0 saturated carbocycles. The molecule has 0 aromatic rings. The number of hydrogen-bond acceptors (Lipinski definition) is 5. The van der Waals surface area contributed by atoms with E-state index in [-0.39, 0.29) is 33.7 Å². The smallest absolute Gasteiger partial charge is 0.220 e. The molecule has 0 bridgehead atoms. The van der Waals surface area contributed by atoms with Gasteiger partial charge in [-0.05, 0) is 57.3 Å². The van der Waals surface area contributed by atoms with Gasteiger partial charge in [0.2, 0.25) is 11.8 Å². The van der Waals surface area contributed by atoms with Crippen LogP contribution in [0.15, 0.2) is 0 Å². The number of amides is 2. The molecule has 0 aliphatic carbocycles. The van der Waals surface area contributed by atoms with Crippen molar-refractivity contribution in [2.45, 2.75) is 113 Å². The van der Waals surface area contributed by atoms with Crippen molar-refractivity contribution in [2.24, 2.45) is 16.7 Å². The molecule has 0 aromatic carbocycles. The molecule has 0 spiro atoms. The summed E-state index contributed by atoms with van der Waals surface area (Å²) in [6.07, 6.45) is 2.70. The Kier molecular flexibility index (Phi) is 14.6. The normalized spacial score (nSPS) is 13.3. The lowest BCUT2D eigenvalue weighted by Gasteiger charge is -2.35. The minimum atomic E-state index is -0.281. The lowest BCUT2D eigenvalue weighted by Crippen LogP contribution is -2.47. The average molecular weight is 501 g/mol. The second-order valence-corrected chi connectivity index (χ2v) is 13.2. The zero-order valence-electron chi connectivity index (χ0n) is 24.7. The fourth-order valence-corrected chi connectivity index (χ4v) is 4.88. The SMILES string of the molecule is CCC(=O)NC(C)(C)CC(C)(C)COCCOCCOCC(C)(C)CC(C)(C)NC(=O)CC(C)C. The van der Waals surface area contributed by atoms with Crippen LogP contribution in [0.25, 0.3) is 0 Å². The topological polar surface area (TPSA) is 85.9 Å². The first-order chi connectivity index (χ1) is 15.9. The van der Waals surface area contributed by atoms with Crippen molar-refractivity contribution < 1.29 is 23.8 Å². The number of ether oxygens (including phenoxy) is 3. The quantitative estimate of drug-likeness (QED) is 0.241. The molecule has 0 aliphatic heterocycles. The Hall–Kier alpha value is -1.18. The second kappa shape index (κ2) is 15.2. The van der Waals surface area contributed by atoms with E-state index in [1.165, 1.54) is 0 Å². The summed E-state index contributed by atoms with van der Waals surface area (Å²) in [5.41, 5.74) is -0.664. The molecule has 7 nitrogen and oxygen atoms in total. The molecule has 35 heavy (non-hydrogen) atoms. The van der Waals surface area contributed by atoms with Crippen LogP contribution in [0.4, 0.5) is 0 Å². The molecule has 0 radical (unpaired) electrons. The fraction of sp³-hybridized carbons (Fsp3) is 0.929. The van der Waals surface area contributed by atoms with E-state index in [9.17, 15) is 9.59 Å². The lowest BCUT2D eigenvalue weighted by atomic mass is 9.80. The molecule has 2 N–H and O–H groups in total. The van der Waals surface area contributed by atoms with Crippen LogP contribution in [0.2, 0.25) is 0 Å². The highest BCUT2D eigenvalue weighted by Gasteiger charge is 2.31. The standard InChI is InChI=1S/C28H56N2O5/c1-12-23(31)29-27(8,9)18-25(4,5)20-34-15-13-33-14-16-35-21-26(6,7)19-28(10,11)30-24(32)17-22(2)3/h22H,12-21H2,1-11H3,(H,29,31)(H,30,32). The van der Waals surface area contributed by atoms with Crippen molar-refractivity contribution >= 4 is 11.8 Å². The summed E-state index contributed by atoms with van der Waals surface area (Å²) in [4.78, 5) is 23.9. The monoisotopic (exact) mass is 500 g/mol. The number of carbonyl (C=O) groups excluding carboxylic acids is 2. The maximum atomic E-state index is 12.1. The van der Waals surface area contributed by atoms with E-state index >= 15 is 0 Å². The average Bonchev–Trinajstić information content (AvgIpc) is 2.62. The Morgan fingerprint density at radius 2 is 1.03 bits per heavy atom. The van der Waals surface area contributed by atoms with Gasteiger partial charge in [0.1, 0.15) is 0 Å². The molecule has 0 aromatic heterocycles. The van der Waals surface area contributed by atoms with Gasteiger partial charge >= 0.3 is 0 Å². The minimum Gasteiger partial charge on any atom is -0.379 e. The van der Waals surface area contributed by atoms with Crippen LogP contribution in [0.5, 0.6) is 0 Å². The molecule has 2 amide bonds. The number of carbonyl (C=O) groups is 2. The lowest BCUT2D eigenvalue weighted by molar-refractivity contribution is -0.124. The first-order valence-electron chi connectivity index (χ1n) is 13.2. The summed E-state index contributed by atoms with van der Waals surface area (Å²) in [6, 6.07) is 0. The third kappa shape index (κ3) is 18.7. The van der Waals surface area contributed by atoms with E-state index in [2.05, 4.69) is 79.9 Å². The summed E-state index contributed by atoms with van der Waals surface area (Å²) < 4.78 is 17.3. The zero-order chi connectivity index (χ0) is 27.3. The van der Waals surface area contributed by atoms with Gasteiger partial charge < -0.3 is 24.8 Å². The summed E-state index contributed by atoms with van der Waals surface area (Å²) in [6.45, 7) is 26.2. The Morgan fingerprint density at radius 3 is 1.40 bits per heavy atom. The predicted molar refractivity (Wildman–Crippen MR) is 143 cm³/mol. The Morgan fingerprint density at radius 1 is 0.657 bits per heavy atom. The van der Waals surface area contributed by atoms with Crippen LogP contribution in [0.1, 0.15) is 102 Å². The summed E-state index contributed by atoms with van der Waals surface area (Å²) in [5.74, 6) is 0.529. The van der Waals surface area contributed by atoms with Gasteiger partial charge in [-0.25, -0.2) is 0 Å². The van der Waals surface area contributed by atoms with Crippen molar-refractivity contribution in [1.82, 2.24) is 10.6 Å². The van der Waals surface area contributed by atoms with Crippen molar-refractivity contribution in [3.8, 4) is 0 Å². The largest absolute Gasteiger partial charge is 0.379 e. The predicted octanol–water partition coefficient (Wildman–Crippen LogP) is 5.11. The minimum absolute atomic E-state index is 0.0543. The van der Waals surface area contributed by atoms with Gasteiger partial charge in [-0.1, -0.05) is 48.5 Å². The van der Waals surface area contributed by atoms with Crippen molar-refractivity contribution in [3.63, 3.8) is 0 Å². The molecule has 0 saturated heterocycles. The third-order valence-corrected chi connectivity index (χ3v) is 5.44. The van der Waals surface area contributed by atoms with Gasteiger partial charge in [-0.15, -0.1) is 0 Å². The Bertz CT molecular complexity index is 627. The molecule has 208 valence electrons. The first kappa shape index (κ1) is 33.8. The summed E-state index contributed by atoms with van der Waals surface area (Å²) in [7, 11) is 0. The summed E-state index contributed by atoms with van der Waals surface area (Å²) >= 11 is 0. The Labute approximate surface area is 215 Å². The van der Waals surface area contributed by atoms with E-state index < -0.39 is 0 Å². The molecular weight excluding hydrogens is 444 g/mol. The van der Waals surface area contributed by atoms with E-state index in [4.69, 9.17) is 14.2 Å².